The lowest BCUT2D eigenvalue weighted by atomic mass is 10.0. The molecule has 1 aromatic carbocycles. The Morgan fingerprint density at radius 3 is 2.90 bits per heavy atom. The molecule has 0 aromatic heterocycles. The summed E-state index contributed by atoms with van der Waals surface area (Å²) in [6.07, 6.45) is 1.04. The van der Waals surface area contributed by atoms with Gasteiger partial charge < -0.3 is 10.2 Å². The van der Waals surface area contributed by atoms with Crippen LogP contribution in [0.4, 0.5) is 0 Å². The lowest BCUT2D eigenvalue weighted by Crippen LogP contribution is -2.39. The second-order valence-corrected chi connectivity index (χ2v) is 5.86. The maximum Gasteiger partial charge on any atom is 0.225 e. The van der Waals surface area contributed by atoms with Crippen LogP contribution in [-0.4, -0.2) is 36.3 Å². The van der Waals surface area contributed by atoms with Crippen molar-refractivity contribution in [2.75, 3.05) is 13.6 Å². The fourth-order valence-electron chi connectivity index (χ4n) is 2.47. The summed E-state index contributed by atoms with van der Waals surface area (Å²) in [4.78, 5) is 25.1. The van der Waals surface area contributed by atoms with Crippen molar-refractivity contribution >= 4 is 23.4 Å². The third kappa shape index (κ3) is 3.73. The largest absolute Gasteiger partial charge is 0.353 e. The van der Waals surface area contributed by atoms with Gasteiger partial charge in [-0.05, 0) is 31.0 Å². The van der Waals surface area contributed by atoms with Gasteiger partial charge in [-0.3, -0.25) is 9.59 Å². The number of halogens is 1. The molecule has 0 saturated carbocycles. The summed E-state index contributed by atoms with van der Waals surface area (Å²) in [5, 5.41) is 3.67. The summed E-state index contributed by atoms with van der Waals surface area (Å²) in [5.74, 6) is -0.237. The molecule has 0 spiro atoms. The van der Waals surface area contributed by atoms with Crippen LogP contribution in [0.3, 0.4) is 0 Å². The number of hydrogen-bond donors (Lipinski definition) is 1. The number of carbonyl (C=O) groups excluding carboxylic acids is 2. The van der Waals surface area contributed by atoms with Gasteiger partial charge in [-0.15, -0.1) is 0 Å². The van der Waals surface area contributed by atoms with Crippen LogP contribution in [0.15, 0.2) is 24.3 Å². The summed E-state index contributed by atoms with van der Waals surface area (Å²) >= 11 is 5.94. The Morgan fingerprint density at radius 2 is 2.30 bits per heavy atom. The highest BCUT2D eigenvalue weighted by Gasteiger charge is 2.32. The minimum Gasteiger partial charge on any atom is -0.353 e. The minimum atomic E-state index is -0.227. The molecule has 20 heavy (non-hydrogen) atoms. The number of nitrogens with one attached hydrogen (secondary N) is 1. The van der Waals surface area contributed by atoms with Crippen molar-refractivity contribution in [3.8, 4) is 0 Å². The molecule has 2 atom stereocenters. The van der Waals surface area contributed by atoms with Gasteiger partial charge in [0.2, 0.25) is 11.8 Å². The van der Waals surface area contributed by atoms with Crippen molar-refractivity contribution in [2.24, 2.45) is 5.92 Å². The maximum atomic E-state index is 12.1. The molecule has 1 fully saturated rings. The third-order valence-electron chi connectivity index (χ3n) is 3.53. The van der Waals surface area contributed by atoms with Gasteiger partial charge in [-0.2, -0.15) is 0 Å². The normalized spacial score (nSPS) is 20.1. The molecule has 4 nitrogen and oxygen atoms in total. The molecule has 1 aliphatic rings. The van der Waals surface area contributed by atoms with Crippen molar-refractivity contribution in [1.82, 2.24) is 10.2 Å². The smallest absolute Gasteiger partial charge is 0.225 e. The average Bonchev–Trinajstić information content (AvgIpc) is 2.69. The van der Waals surface area contributed by atoms with E-state index in [-0.39, 0.29) is 23.8 Å². The van der Waals surface area contributed by atoms with Crippen molar-refractivity contribution in [3.63, 3.8) is 0 Å². The number of amides is 2. The molecule has 1 N–H and O–H groups in total. The van der Waals surface area contributed by atoms with Crippen LogP contribution >= 0.6 is 11.6 Å². The zero-order valence-electron chi connectivity index (χ0n) is 11.7. The van der Waals surface area contributed by atoms with Crippen molar-refractivity contribution in [1.29, 1.82) is 0 Å². The lowest BCUT2D eigenvalue weighted by Gasteiger charge is -2.17. The first-order valence-corrected chi connectivity index (χ1v) is 7.12. The standard InChI is InChI=1S/C15H19ClN2O2/c1-10(6-11-4-3-5-13(16)7-11)17-15(20)12-8-14(19)18(2)9-12/h3-5,7,10,12H,6,8-9H2,1-2H3,(H,17,20)/t10-,12-/m1/s1. The summed E-state index contributed by atoms with van der Waals surface area (Å²) in [5.41, 5.74) is 1.09. The molecule has 1 aliphatic heterocycles. The first kappa shape index (κ1) is 14.9. The average molecular weight is 295 g/mol. The van der Waals surface area contributed by atoms with E-state index < -0.39 is 0 Å². The van der Waals surface area contributed by atoms with E-state index in [0.717, 1.165) is 12.0 Å². The highest BCUT2D eigenvalue weighted by atomic mass is 35.5. The van der Waals surface area contributed by atoms with Gasteiger partial charge in [0.25, 0.3) is 0 Å². The van der Waals surface area contributed by atoms with Crippen molar-refractivity contribution in [2.45, 2.75) is 25.8 Å². The predicted molar refractivity (Wildman–Crippen MR) is 78.5 cm³/mol. The molecule has 2 amide bonds. The molecule has 0 bridgehead atoms. The fourth-order valence-corrected chi connectivity index (χ4v) is 2.68. The molecule has 1 saturated heterocycles. The third-order valence-corrected chi connectivity index (χ3v) is 3.77. The van der Waals surface area contributed by atoms with Gasteiger partial charge in [0, 0.05) is 31.1 Å². The Labute approximate surface area is 124 Å². The monoisotopic (exact) mass is 294 g/mol. The molecule has 5 heteroatoms. The van der Waals surface area contributed by atoms with E-state index in [2.05, 4.69) is 5.32 Å². The first-order valence-electron chi connectivity index (χ1n) is 6.74. The number of benzene rings is 1. The summed E-state index contributed by atoms with van der Waals surface area (Å²) in [7, 11) is 1.73. The topological polar surface area (TPSA) is 49.4 Å². The quantitative estimate of drug-likeness (QED) is 0.921. The molecule has 0 aliphatic carbocycles. The van der Waals surface area contributed by atoms with E-state index in [1.165, 1.54) is 0 Å². The summed E-state index contributed by atoms with van der Waals surface area (Å²) in [6.45, 7) is 2.47. The summed E-state index contributed by atoms with van der Waals surface area (Å²) < 4.78 is 0. The highest BCUT2D eigenvalue weighted by molar-refractivity contribution is 6.30. The van der Waals surface area contributed by atoms with E-state index in [1.54, 1.807) is 11.9 Å². The number of likely N-dealkylation sites (tertiary alicyclic amines) is 1. The van der Waals surface area contributed by atoms with Crippen LogP contribution in [-0.2, 0) is 16.0 Å². The fraction of sp³-hybridized carbons (Fsp3) is 0.467. The van der Waals surface area contributed by atoms with Crippen LogP contribution in [0.1, 0.15) is 18.9 Å². The molecule has 0 unspecified atom stereocenters. The minimum absolute atomic E-state index is 0.0157. The SMILES string of the molecule is C[C@H](Cc1cccc(Cl)c1)NC(=O)[C@@H]1CC(=O)N(C)C1. The zero-order chi connectivity index (χ0) is 14.7. The Bertz CT molecular complexity index is 518. The Balaban J connectivity index is 1.87. The zero-order valence-corrected chi connectivity index (χ0v) is 12.5. The van der Waals surface area contributed by atoms with Gasteiger partial charge >= 0.3 is 0 Å². The Morgan fingerprint density at radius 1 is 1.55 bits per heavy atom. The predicted octanol–water partition coefficient (Wildman–Crippen LogP) is 1.87. The van der Waals surface area contributed by atoms with Gasteiger partial charge in [-0.25, -0.2) is 0 Å². The van der Waals surface area contributed by atoms with Crippen LogP contribution < -0.4 is 5.32 Å². The van der Waals surface area contributed by atoms with E-state index in [9.17, 15) is 9.59 Å². The van der Waals surface area contributed by atoms with Crippen molar-refractivity contribution < 1.29 is 9.59 Å². The number of carbonyl (C=O) groups is 2. The number of nitrogens with zero attached hydrogens (tertiary/aromatic N) is 1. The van der Waals surface area contributed by atoms with E-state index in [1.807, 2.05) is 31.2 Å². The second-order valence-electron chi connectivity index (χ2n) is 5.42. The molecular weight excluding hydrogens is 276 g/mol. The number of hydrogen-bond acceptors (Lipinski definition) is 2. The maximum absolute atomic E-state index is 12.1. The number of rotatable bonds is 4. The molecular formula is C15H19ClN2O2. The Kier molecular flexibility index (Phi) is 4.65. The van der Waals surface area contributed by atoms with E-state index in [4.69, 9.17) is 11.6 Å². The lowest BCUT2D eigenvalue weighted by molar-refractivity contribution is -0.128. The van der Waals surface area contributed by atoms with Crippen LogP contribution in [0.5, 0.6) is 0 Å². The Hall–Kier alpha value is -1.55. The van der Waals surface area contributed by atoms with Gasteiger partial charge in [0.15, 0.2) is 0 Å². The second kappa shape index (κ2) is 6.27. The molecule has 1 aromatic rings. The highest BCUT2D eigenvalue weighted by Crippen LogP contribution is 2.17. The summed E-state index contributed by atoms with van der Waals surface area (Å²) in [6, 6.07) is 7.63. The van der Waals surface area contributed by atoms with Crippen LogP contribution in [0.25, 0.3) is 0 Å². The molecule has 108 valence electrons. The van der Waals surface area contributed by atoms with E-state index >= 15 is 0 Å². The molecule has 2 rings (SSSR count). The molecule has 0 radical (unpaired) electrons. The van der Waals surface area contributed by atoms with Crippen LogP contribution in [0, 0.1) is 5.92 Å². The van der Waals surface area contributed by atoms with Gasteiger partial charge in [0.05, 0.1) is 5.92 Å². The van der Waals surface area contributed by atoms with E-state index in [0.29, 0.717) is 18.0 Å². The van der Waals surface area contributed by atoms with Crippen LogP contribution in [0.2, 0.25) is 5.02 Å². The van der Waals surface area contributed by atoms with Gasteiger partial charge in [0.1, 0.15) is 0 Å². The first-order chi connectivity index (χ1) is 9.45. The van der Waals surface area contributed by atoms with Gasteiger partial charge in [-0.1, -0.05) is 23.7 Å². The van der Waals surface area contributed by atoms with Crippen molar-refractivity contribution in [3.05, 3.63) is 34.9 Å². The molecule has 1 heterocycles.